The van der Waals surface area contributed by atoms with Crippen molar-refractivity contribution in [2.45, 2.75) is 20.0 Å². The van der Waals surface area contributed by atoms with Crippen LogP contribution < -0.4 is 15.5 Å². The highest BCUT2D eigenvalue weighted by atomic mass is 35.5. The van der Waals surface area contributed by atoms with Gasteiger partial charge in [-0.05, 0) is 36.8 Å². The lowest BCUT2D eigenvalue weighted by molar-refractivity contribution is -0.304. The molecule has 0 saturated carbocycles. The van der Waals surface area contributed by atoms with Crippen LogP contribution in [0.1, 0.15) is 16.7 Å². The number of carbonyl (C=O) groups excluding carboxylic acids is 1. The van der Waals surface area contributed by atoms with E-state index in [2.05, 4.69) is 0 Å². The number of benzene rings is 2. The summed E-state index contributed by atoms with van der Waals surface area (Å²) in [5, 5.41) is 12.5. The van der Waals surface area contributed by atoms with Crippen molar-refractivity contribution in [3.05, 3.63) is 73.6 Å². The first-order valence-corrected chi connectivity index (χ1v) is 8.43. The van der Waals surface area contributed by atoms with Crippen LogP contribution in [0.25, 0.3) is 11.0 Å². The first-order chi connectivity index (χ1) is 12.3. The Labute approximate surface area is 158 Å². The molecule has 3 rings (SSSR count). The van der Waals surface area contributed by atoms with Crippen molar-refractivity contribution in [2.75, 3.05) is 0 Å². The van der Waals surface area contributed by atoms with Crippen molar-refractivity contribution in [3.8, 4) is 5.75 Å². The van der Waals surface area contributed by atoms with Gasteiger partial charge < -0.3 is 19.1 Å². The Hall–Kier alpha value is -2.50. The minimum atomic E-state index is -1.33. The minimum absolute atomic E-state index is 0.0825. The van der Waals surface area contributed by atoms with Gasteiger partial charge in [-0.15, -0.1) is 0 Å². The number of carboxylic acid groups (broad SMARTS) is 1. The monoisotopic (exact) mass is 391 g/mol. The molecule has 0 saturated heterocycles. The molecule has 2 aromatic carbocycles. The zero-order valence-corrected chi connectivity index (χ0v) is 15.2. The quantitative estimate of drug-likeness (QED) is 0.623. The standard InChI is InChI=1S/C19H14Cl2O5/c1-10-14-5-4-13(25-9-11-2-3-12(20)6-16(11)21)7-17(14)26-19(24)15(10)8-18(22)23/h2-7H,8-9H2,1H3,(H,22,23)/p-1. The Morgan fingerprint density at radius 2 is 1.96 bits per heavy atom. The van der Waals surface area contributed by atoms with E-state index in [1.165, 1.54) is 0 Å². The van der Waals surface area contributed by atoms with Crippen molar-refractivity contribution >= 4 is 40.1 Å². The summed E-state index contributed by atoms with van der Waals surface area (Å²) in [6, 6.07) is 10.1. The molecule has 26 heavy (non-hydrogen) atoms. The lowest BCUT2D eigenvalue weighted by Gasteiger charge is -2.11. The van der Waals surface area contributed by atoms with Crippen LogP contribution in [-0.2, 0) is 17.8 Å². The average Bonchev–Trinajstić information content (AvgIpc) is 2.57. The Bertz CT molecular complexity index is 1060. The van der Waals surface area contributed by atoms with Gasteiger partial charge in [-0.2, -0.15) is 0 Å². The van der Waals surface area contributed by atoms with Crippen molar-refractivity contribution < 1.29 is 19.1 Å². The van der Waals surface area contributed by atoms with Crippen LogP contribution in [0.2, 0.25) is 10.0 Å². The Morgan fingerprint density at radius 1 is 1.19 bits per heavy atom. The van der Waals surface area contributed by atoms with Crippen LogP contribution in [0, 0.1) is 6.92 Å². The van der Waals surface area contributed by atoms with Gasteiger partial charge in [0.05, 0.1) is 0 Å². The molecule has 1 aromatic heterocycles. The van der Waals surface area contributed by atoms with E-state index in [-0.39, 0.29) is 12.2 Å². The molecular formula is C19H13Cl2O5-. The van der Waals surface area contributed by atoms with E-state index in [1.54, 1.807) is 43.3 Å². The van der Waals surface area contributed by atoms with Gasteiger partial charge in [-0.1, -0.05) is 29.3 Å². The number of ether oxygens (including phenoxy) is 1. The highest BCUT2D eigenvalue weighted by molar-refractivity contribution is 6.35. The molecular weight excluding hydrogens is 379 g/mol. The van der Waals surface area contributed by atoms with Gasteiger partial charge in [0.25, 0.3) is 0 Å². The maximum absolute atomic E-state index is 12.0. The fraction of sp³-hybridized carbons (Fsp3) is 0.158. The smallest absolute Gasteiger partial charge is 0.340 e. The Kier molecular flexibility index (Phi) is 5.20. The molecule has 3 aromatic rings. The van der Waals surface area contributed by atoms with Crippen LogP contribution in [0.5, 0.6) is 5.75 Å². The zero-order chi connectivity index (χ0) is 18.8. The van der Waals surface area contributed by atoms with Gasteiger partial charge in [-0.25, -0.2) is 4.79 Å². The summed E-state index contributed by atoms with van der Waals surface area (Å²) in [6.07, 6.45) is -0.489. The van der Waals surface area contributed by atoms with Crippen molar-refractivity contribution in [1.82, 2.24) is 0 Å². The van der Waals surface area contributed by atoms with Gasteiger partial charge in [-0.3, -0.25) is 0 Å². The number of aryl methyl sites for hydroxylation is 1. The minimum Gasteiger partial charge on any atom is -0.550 e. The molecule has 134 valence electrons. The van der Waals surface area contributed by atoms with Crippen LogP contribution in [-0.4, -0.2) is 5.97 Å². The third-order valence-electron chi connectivity index (χ3n) is 3.99. The van der Waals surface area contributed by atoms with Gasteiger partial charge in [0, 0.05) is 45.0 Å². The van der Waals surface area contributed by atoms with E-state index >= 15 is 0 Å². The van der Waals surface area contributed by atoms with E-state index in [0.29, 0.717) is 32.3 Å². The number of carbonyl (C=O) groups is 1. The van der Waals surface area contributed by atoms with Crippen molar-refractivity contribution in [1.29, 1.82) is 0 Å². The van der Waals surface area contributed by atoms with Crippen LogP contribution in [0.4, 0.5) is 0 Å². The average molecular weight is 392 g/mol. The molecule has 0 fully saturated rings. The summed E-state index contributed by atoms with van der Waals surface area (Å²) >= 11 is 12.0. The maximum Gasteiger partial charge on any atom is 0.340 e. The van der Waals surface area contributed by atoms with Gasteiger partial charge >= 0.3 is 5.63 Å². The lowest BCUT2D eigenvalue weighted by Crippen LogP contribution is -2.27. The molecule has 0 N–H and O–H groups in total. The first kappa shape index (κ1) is 18.3. The van der Waals surface area contributed by atoms with Crippen LogP contribution in [0.3, 0.4) is 0 Å². The molecule has 0 amide bonds. The number of hydrogen-bond donors (Lipinski definition) is 0. The predicted molar refractivity (Wildman–Crippen MR) is 96.7 cm³/mol. The molecule has 0 aliphatic rings. The summed E-state index contributed by atoms with van der Waals surface area (Å²) in [5.74, 6) is -0.849. The summed E-state index contributed by atoms with van der Waals surface area (Å²) < 4.78 is 10.9. The Morgan fingerprint density at radius 3 is 2.65 bits per heavy atom. The number of halogens is 2. The molecule has 5 nitrogen and oxygen atoms in total. The molecule has 7 heteroatoms. The number of hydrogen-bond acceptors (Lipinski definition) is 5. The van der Waals surface area contributed by atoms with Gasteiger partial charge in [0.1, 0.15) is 17.9 Å². The highest BCUT2D eigenvalue weighted by Crippen LogP contribution is 2.26. The molecule has 0 unspecified atom stereocenters. The van der Waals surface area contributed by atoms with E-state index in [1.807, 2.05) is 0 Å². The second-order valence-electron chi connectivity index (χ2n) is 5.72. The molecule has 0 aliphatic heterocycles. The second kappa shape index (κ2) is 7.40. The summed E-state index contributed by atoms with van der Waals surface area (Å²) in [5.41, 5.74) is 1.01. The third kappa shape index (κ3) is 3.84. The number of carboxylic acids is 1. The fourth-order valence-corrected chi connectivity index (χ4v) is 3.08. The van der Waals surface area contributed by atoms with Crippen molar-refractivity contribution in [2.24, 2.45) is 0 Å². The molecule has 0 atom stereocenters. The van der Waals surface area contributed by atoms with Crippen LogP contribution >= 0.6 is 23.2 Å². The summed E-state index contributed by atoms with van der Waals surface area (Å²) in [7, 11) is 0. The molecule has 0 radical (unpaired) electrons. The molecule has 1 heterocycles. The van der Waals surface area contributed by atoms with E-state index in [9.17, 15) is 14.7 Å². The van der Waals surface area contributed by atoms with Gasteiger partial charge in [0.15, 0.2) is 0 Å². The second-order valence-corrected chi connectivity index (χ2v) is 6.57. The normalized spacial score (nSPS) is 10.9. The zero-order valence-electron chi connectivity index (χ0n) is 13.7. The molecule has 0 bridgehead atoms. The summed E-state index contributed by atoms with van der Waals surface area (Å²) in [4.78, 5) is 22.8. The number of aliphatic carboxylic acids is 1. The highest BCUT2D eigenvalue weighted by Gasteiger charge is 2.12. The number of fused-ring (bicyclic) bond motifs is 1. The van der Waals surface area contributed by atoms with Crippen LogP contribution in [0.15, 0.2) is 45.6 Å². The topological polar surface area (TPSA) is 79.6 Å². The third-order valence-corrected chi connectivity index (χ3v) is 4.58. The molecule has 0 aliphatic carbocycles. The predicted octanol–water partition coefficient (Wildman–Crippen LogP) is 3.28. The first-order valence-electron chi connectivity index (χ1n) is 7.68. The van der Waals surface area contributed by atoms with E-state index < -0.39 is 18.0 Å². The van der Waals surface area contributed by atoms with E-state index in [0.717, 1.165) is 5.56 Å². The van der Waals surface area contributed by atoms with Gasteiger partial charge in [0.2, 0.25) is 0 Å². The fourth-order valence-electron chi connectivity index (χ4n) is 2.61. The van der Waals surface area contributed by atoms with E-state index in [4.69, 9.17) is 32.4 Å². The largest absolute Gasteiger partial charge is 0.550 e. The maximum atomic E-state index is 12.0. The van der Waals surface area contributed by atoms with Crippen molar-refractivity contribution in [3.63, 3.8) is 0 Å². The molecule has 0 spiro atoms. The summed E-state index contributed by atoms with van der Waals surface area (Å²) in [6.45, 7) is 1.89. The Balaban J connectivity index is 1.89. The number of rotatable bonds is 5. The lowest BCUT2D eigenvalue weighted by atomic mass is 10.0. The SMILES string of the molecule is Cc1c(CC(=O)[O-])c(=O)oc2cc(OCc3ccc(Cl)cc3Cl)ccc12.